The zero-order chi connectivity index (χ0) is 18.5. The first-order valence-corrected chi connectivity index (χ1v) is 9.80. The van der Waals surface area contributed by atoms with Crippen LogP contribution in [0.5, 0.6) is 0 Å². The molecule has 1 N–H and O–H groups in total. The SMILES string of the molecule is Cc1nc(-c2nc(C)c3n2CCN(Cc2nc4ccc(F)cc4[nH]2)C3)cs1. The van der Waals surface area contributed by atoms with E-state index in [1.54, 1.807) is 17.4 Å². The number of imidazole rings is 2. The molecule has 138 valence electrons. The second-order valence-electron chi connectivity index (χ2n) is 6.93. The molecule has 0 radical (unpaired) electrons. The molecule has 1 aliphatic heterocycles. The van der Waals surface area contributed by atoms with E-state index in [1.165, 1.54) is 17.8 Å². The topological polar surface area (TPSA) is 62.6 Å². The number of hydrogen-bond donors (Lipinski definition) is 1. The molecule has 0 amide bonds. The third-order valence-corrected chi connectivity index (χ3v) is 5.77. The van der Waals surface area contributed by atoms with Gasteiger partial charge in [0.15, 0.2) is 5.82 Å². The second-order valence-corrected chi connectivity index (χ2v) is 7.99. The van der Waals surface area contributed by atoms with Gasteiger partial charge in [-0.1, -0.05) is 0 Å². The van der Waals surface area contributed by atoms with Crippen LogP contribution in [0.4, 0.5) is 4.39 Å². The van der Waals surface area contributed by atoms with E-state index in [0.29, 0.717) is 6.54 Å². The molecular weight excluding hydrogens is 363 g/mol. The van der Waals surface area contributed by atoms with Crippen LogP contribution in [-0.4, -0.2) is 35.9 Å². The summed E-state index contributed by atoms with van der Waals surface area (Å²) in [5, 5.41) is 3.13. The summed E-state index contributed by atoms with van der Waals surface area (Å²) in [6, 6.07) is 4.64. The first-order chi connectivity index (χ1) is 13.1. The molecule has 0 saturated carbocycles. The maximum absolute atomic E-state index is 13.4. The highest BCUT2D eigenvalue weighted by Gasteiger charge is 2.24. The summed E-state index contributed by atoms with van der Waals surface area (Å²) in [6.07, 6.45) is 0. The van der Waals surface area contributed by atoms with Gasteiger partial charge in [-0.3, -0.25) is 4.90 Å². The van der Waals surface area contributed by atoms with Crippen molar-refractivity contribution in [2.75, 3.05) is 6.54 Å². The number of hydrogen-bond acceptors (Lipinski definition) is 5. The summed E-state index contributed by atoms with van der Waals surface area (Å²) in [6.45, 7) is 7.37. The molecule has 3 aromatic heterocycles. The van der Waals surface area contributed by atoms with Gasteiger partial charge in [0, 0.05) is 25.0 Å². The molecule has 0 fully saturated rings. The first kappa shape index (κ1) is 16.6. The third kappa shape index (κ3) is 2.94. The van der Waals surface area contributed by atoms with E-state index >= 15 is 0 Å². The number of H-pyrrole nitrogens is 1. The molecular formula is C19H19FN6S. The fraction of sp³-hybridized carbons (Fsp3) is 0.316. The summed E-state index contributed by atoms with van der Waals surface area (Å²) in [5.74, 6) is 1.57. The van der Waals surface area contributed by atoms with Crippen molar-refractivity contribution in [1.29, 1.82) is 0 Å². The number of aryl methyl sites for hydroxylation is 2. The van der Waals surface area contributed by atoms with E-state index in [9.17, 15) is 4.39 Å². The number of halogens is 1. The zero-order valence-corrected chi connectivity index (χ0v) is 16.0. The smallest absolute Gasteiger partial charge is 0.160 e. The molecule has 0 bridgehead atoms. The predicted molar refractivity (Wildman–Crippen MR) is 103 cm³/mol. The Hall–Kier alpha value is -2.58. The van der Waals surface area contributed by atoms with Crippen LogP contribution < -0.4 is 0 Å². The largest absolute Gasteiger partial charge is 0.341 e. The Labute approximate surface area is 159 Å². The minimum Gasteiger partial charge on any atom is -0.341 e. The molecule has 0 unspecified atom stereocenters. The molecule has 0 atom stereocenters. The van der Waals surface area contributed by atoms with Crippen LogP contribution in [0.15, 0.2) is 23.6 Å². The van der Waals surface area contributed by atoms with Crippen LogP contribution in [0.25, 0.3) is 22.6 Å². The Morgan fingerprint density at radius 2 is 2.07 bits per heavy atom. The minimum absolute atomic E-state index is 0.250. The van der Waals surface area contributed by atoms with Crippen LogP contribution in [0.1, 0.15) is 22.2 Å². The highest BCUT2D eigenvalue weighted by Crippen LogP contribution is 2.27. The second kappa shape index (κ2) is 6.24. The van der Waals surface area contributed by atoms with Crippen LogP contribution in [-0.2, 0) is 19.6 Å². The molecule has 0 saturated heterocycles. The maximum atomic E-state index is 13.4. The van der Waals surface area contributed by atoms with E-state index in [2.05, 4.69) is 36.7 Å². The standard InChI is InChI=1S/C19H19FN6S/c1-11-17-8-25(9-18-23-14-4-3-13(20)7-15(14)24-18)5-6-26(17)19(21-11)16-10-27-12(2)22-16/h3-4,7,10H,5-6,8-9H2,1-2H3,(H,23,24). The summed E-state index contributed by atoms with van der Waals surface area (Å²) in [5.41, 5.74) is 4.77. The lowest BCUT2D eigenvalue weighted by Gasteiger charge is -2.28. The van der Waals surface area contributed by atoms with Gasteiger partial charge in [-0.05, 0) is 32.0 Å². The molecule has 27 heavy (non-hydrogen) atoms. The van der Waals surface area contributed by atoms with Gasteiger partial charge < -0.3 is 9.55 Å². The predicted octanol–water partition coefficient (Wildman–Crippen LogP) is 3.65. The van der Waals surface area contributed by atoms with Crippen molar-refractivity contribution in [2.24, 2.45) is 0 Å². The average molecular weight is 382 g/mol. The summed E-state index contributed by atoms with van der Waals surface area (Å²) >= 11 is 1.65. The lowest BCUT2D eigenvalue weighted by Crippen LogP contribution is -2.33. The van der Waals surface area contributed by atoms with Gasteiger partial charge in [-0.25, -0.2) is 19.3 Å². The average Bonchev–Trinajstić information content (AvgIpc) is 3.32. The van der Waals surface area contributed by atoms with Crippen molar-refractivity contribution in [2.45, 2.75) is 33.5 Å². The number of aromatic nitrogens is 5. The van der Waals surface area contributed by atoms with Gasteiger partial charge >= 0.3 is 0 Å². The Morgan fingerprint density at radius 3 is 2.89 bits per heavy atom. The number of nitrogens with one attached hydrogen (secondary N) is 1. The van der Waals surface area contributed by atoms with E-state index < -0.39 is 0 Å². The maximum Gasteiger partial charge on any atom is 0.160 e. The fourth-order valence-corrected chi connectivity index (χ4v) is 4.29. The van der Waals surface area contributed by atoms with Crippen LogP contribution in [0.2, 0.25) is 0 Å². The van der Waals surface area contributed by atoms with Gasteiger partial charge in [-0.15, -0.1) is 11.3 Å². The fourth-order valence-electron chi connectivity index (χ4n) is 3.70. The number of fused-ring (bicyclic) bond motifs is 2. The molecule has 1 aliphatic rings. The van der Waals surface area contributed by atoms with Gasteiger partial charge in [0.2, 0.25) is 0 Å². The highest BCUT2D eigenvalue weighted by atomic mass is 32.1. The highest BCUT2D eigenvalue weighted by molar-refractivity contribution is 7.09. The molecule has 4 aromatic rings. The van der Waals surface area contributed by atoms with E-state index in [4.69, 9.17) is 4.98 Å². The Morgan fingerprint density at radius 1 is 1.19 bits per heavy atom. The lowest BCUT2D eigenvalue weighted by molar-refractivity contribution is 0.209. The molecule has 5 rings (SSSR count). The Kier molecular flexibility index (Phi) is 3.84. The third-order valence-electron chi connectivity index (χ3n) is 5.00. The lowest BCUT2D eigenvalue weighted by atomic mass is 10.2. The van der Waals surface area contributed by atoms with Crippen molar-refractivity contribution < 1.29 is 4.39 Å². The van der Waals surface area contributed by atoms with Crippen LogP contribution in [0, 0.1) is 19.7 Å². The van der Waals surface area contributed by atoms with Crippen molar-refractivity contribution in [3.63, 3.8) is 0 Å². The normalized spacial score (nSPS) is 14.8. The number of aromatic amines is 1. The van der Waals surface area contributed by atoms with Crippen LogP contribution >= 0.6 is 11.3 Å². The molecule has 6 nitrogen and oxygen atoms in total. The molecule has 4 heterocycles. The molecule has 0 spiro atoms. The van der Waals surface area contributed by atoms with Gasteiger partial charge in [0.25, 0.3) is 0 Å². The van der Waals surface area contributed by atoms with Crippen LogP contribution in [0.3, 0.4) is 0 Å². The summed E-state index contributed by atoms with van der Waals surface area (Å²) < 4.78 is 15.7. The summed E-state index contributed by atoms with van der Waals surface area (Å²) in [7, 11) is 0. The Bertz CT molecular complexity index is 1140. The van der Waals surface area contributed by atoms with E-state index in [-0.39, 0.29) is 5.82 Å². The zero-order valence-electron chi connectivity index (χ0n) is 15.2. The van der Waals surface area contributed by atoms with E-state index in [0.717, 1.165) is 58.7 Å². The van der Waals surface area contributed by atoms with Crippen molar-refractivity contribution in [1.82, 2.24) is 29.4 Å². The number of nitrogens with zero attached hydrogens (tertiary/aromatic N) is 5. The van der Waals surface area contributed by atoms with E-state index in [1.807, 2.05) is 6.92 Å². The van der Waals surface area contributed by atoms with Crippen molar-refractivity contribution in [3.8, 4) is 11.5 Å². The number of thiazole rings is 1. The van der Waals surface area contributed by atoms with Crippen molar-refractivity contribution >= 4 is 22.4 Å². The first-order valence-electron chi connectivity index (χ1n) is 8.92. The Balaban J connectivity index is 1.40. The monoisotopic (exact) mass is 382 g/mol. The van der Waals surface area contributed by atoms with Gasteiger partial charge in [0.1, 0.15) is 17.3 Å². The van der Waals surface area contributed by atoms with Crippen molar-refractivity contribution in [3.05, 3.63) is 51.6 Å². The molecule has 8 heteroatoms. The molecule has 1 aromatic carbocycles. The number of rotatable bonds is 3. The van der Waals surface area contributed by atoms with Gasteiger partial charge in [-0.2, -0.15) is 0 Å². The quantitative estimate of drug-likeness (QED) is 0.587. The molecule has 0 aliphatic carbocycles. The van der Waals surface area contributed by atoms with Gasteiger partial charge in [0.05, 0.1) is 34.0 Å². The number of benzene rings is 1. The summed E-state index contributed by atoms with van der Waals surface area (Å²) in [4.78, 5) is 19.5. The minimum atomic E-state index is -0.250.